The molecule has 2 aromatic carbocycles. The summed E-state index contributed by atoms with van der Waals surface area (Å²) in [4.78, 5) is 20.5. The van der Waals surface area contributed by atoms with E-state index in [2.05, 4.69) is 9.55 Å². The van der Waals surface area contributed by atoms with Crippen molar-refractivity contribution in [3.63, 3.8) is 0 Å². The number of nitrogens with two attached hydrogens (primary N) is 1. The lowest BCUT2D eigenvalue weighted by molar-refractivity contribution is -0.145. The van der Waals surface area contributed by atoms with E-state index in [0.717, 1.165) is 36.3 Å². The number of carboxylic acids is 1. The molecular weight excluding hydrogens is 400 g/mol. The maximum absolute atomic E-state index is 11.4. The maximum Gasteiger partial charge on any atom is 0.344 e. The molecular formula is C22H22N4O5. The SMILES string of the molecule is CC[C@H](Oc1cc2c3c(c1)nc(-c1ccc4oc(N)nc4c1)n3CCCCO2)C(=O)O. The van der Waals surface area contributed by atoms with Gasteiger partial charge in [-0.2, -0.15) is 4.98 Å². The van der Waals surface area contributed by atoms with Gasteiger partial charge in [0.2, 0.25) is 0 Å². The molecule has 0 bridgehead atoms. The summed E-state index contributed by atoms with van der Waals surface area (Å²) >= 11 is 0. The zero-order valence-corrected chi connectivity index (χ0v) is 17.0. The molecule has 0 spiro atoms. The summed E-state index contributed by atoms with van der Waals surface area (Å²) in [5.41, 5.74) is 9.39. The predicted molar refractivity (Wildman–Crippen MR) is 114 cm³/mol. The van der Waals surface area contributed by atoms with Gasteiger partial charge >= 0.3 is 5.97 Å². The first kappa shape index (κ1) is 19.2. The molecule has 0 radical (unpaired) electrons. The summed E-state index contributed by atoms with van der Waals surface area (Å²) in [6, 6.07) is 9.29. The van der Waals surface area contributed by atoms with Gasteiger partial charge < -0.3 is 29.3 Å². The van der Waals surface area contributed by atoms with Crippen LogP contribution in [0.5, 0.6) is 11.5 Å². The number of anilines is 1. The summed E-state index contributed by atoms with van der Waals surface area (Å²) in [6.45, 7) is 3.14. The molecule has 0 amide bonds. The van der Waals surface area contributed by atoms with E-state index in [0.29, 0.717) is 41.1 Å². The largest absolute Gasteiger partial charge is 0.491 e. The number of carbonyl (C=O) groups is 1. The number of rotatable bonds is 5. The molecule has 4 aromatic rings. The van der Waals surface area contributed by atoms with Gasteiger partial charge in [0.15, 0.2) is 11.7 Å². The first-order valence-electron chi connectivity index (χ1n) is 10.3. The Morgan fingerprint density at radius 2 is 2.13 bits per heavy atom. The average Bonchev–Trinajstić information content (AvgIpc) is 3.28. The van der Waals surface area contributed by atoms with Crippen molar-refractivity contribution in [3.8, 4) is 22.9 Å². The molecule has 1 atom stereocenters. The number of hydrogen-bond donors (Lipinski definition) is 2. The number of aliphatic carboxylic acids is 1. The van der Waals surface area contributed by atoms with E-state index < -0.39 is 12.1 Å². The topological polar surface area (TPSA) is 126 Å². The second-order valence-corrected chi connectivity index (χ2v) is 7.52. The number of oxazole rings is 1. The number of carboxylic acid groups (broad SMARTS) is 1. The van der Waals surface area contributed by atoms with Crippen LogP contribution in [0, 0.1) is 0 Å². The Bertz CT molecular complexity index is 1290. The van der Waals surface area contributed by atoms with E-state index in [1.54, 1.807) is 19.1 Å². The predicted octanol–water partition coefficient (Wildman–Crippen LogP) is 3.84. The highest BCUT2D eigenvalue weighted by molar-refractivity contribution is 5.89. The lowest BCUT2D eigenvalue weighted by atomic mass is 10.2. The van der Waals surface area contributed by atoms with Crippen LogP contribution < -0.4 is 15.2 Å². The quantitative estimate of drug-likeness (QED) is 0.497. The number of ether oxygens (including phenoxy) is 2. The lowest BCUT2D eigenvalue weighted by Gasteiger charge is -2.18. The molecule has 160 valence electrons. The molecule has 0 aliphatic carbocycles. The van der Waals surface area contributed by atoms with E-state index in [4.69, 9.17) is 24.6 Å². The Hall–Kier alpha value is -3.75. The average molecular weight is 422 g/mol. The van der Waals surface area contributed by atoms with Crippen LogP contribution in [0.25, 0.3) is 33.5 Å². The third-order valence-electron chi connectivity index (χ3n) is 5.40. The lowest BCUT2D eigenvalue weighted by Crippen LogP contribution is -2.25. The first-order valence-corrected chi connectivity index (χ1v) is 10.3. The molecule has 5 rings (SSSR count). The molecule has 1 aliphatic heterocycles. The molecule has 31 heavy (non-hydrogen) atoms. The van der Waals surface area contributed by atoms with Crippen LogP contribution in [0.2, 0.25) is 0 Å². The minimum Gasteiger partial charge on any atom is -0.491 e. The normalized spacial score (nSPS) is 14.7. The first-order chi connectivity index (χ1) is 15.0. The molecule has 0 fully saturated rings. The van der Waals surface area contributed by atoms with E-state index in [9.17, 15) is 9.90 Å². The Labute approximate surface area is 177 Å². The van der Waals surface area contributed by atoms with Gasteiger partial charge in [-0.15, -0.1) is 0 Å². The van der Waals surface area contributed by atoms with Gasteiger partial charge in [-0.25, -0.2) is 9.78 Å². The van der Waals surface area contributed by atoms with Gasteiger partial charge in [0.25, 0.3) is 6.01 Å². The van der Waals surface area contributed by atoms with Crippen molar-refractivity contribution in [2.75, 3.05) is 12.3 Å². The molecule has 2 aromatic heterocycles. The Morgan fingerprint density at radius 3 is 2.94 bits per heavy atom. The number of nitrogens with zero attached hydrogens (tertiary/aromatic N) is 3. The van der Waals surface area contributed by atoms with Gasteiger partial charge in [-0.1, -0.05) is 6.92 Å². The van der Waals surface area contributed by atoms with E-state index in [1.165, 1.54) is 0 Å². The number of imidazole rings is 1. The van der Waals surface area contributed by atoms with Crippen LogP contribution in [0.4, 0.5) is 6.01 Å². The number of benzene rings is 2. The van der Waals surface area contributed by atoms with Crippen molar-refractivity contribution in [3.05, 3.63) is 30.3 Å². The fourth-order valence-corrected chi connectivity index (χ4v) is 3.93. The second-order valence-electron chi connectivity index (χ2n) is 7.52. The van der Waals surface area contributed by atoms with E-state index in [1.807, 2.05) is 18.2 Å². The molecule has 0 unspecified atom stereocenters. The summed E-state index contributed by atoms with van der Waals surface area (Å²) in [5, 5.41) is 9.35. The van der Waals surface area contributed by atoms with E-state index in [-0.39, 0.29) is 6.01 Å². The summed E-state index contributed by atoms with van der Waals surface area (Å²) in [6.07, 6.45) is 1.27. The van der Waals surface area contributed by atoms with Crippen molar-refractivity contribution in [1.29, 1.82) is 0 Å². The molecule has 0 saturated heterocycles. The Balaban J connectivity index is 1.66. The fourth-order valence-electron chi connectivity index (χ4n) is 3.93. The van der Waals surface area contributed by atoms with Crippen LogP contribution >= 0.6 is 0 Å². The van der Waals surface area contributed by atoms with Crippen molar-refractivity contribution < 1.29 is 23.8 Å². The summed E-state index contributed by atoms with van der Waals surface area (Å²) in [5.74, 6) is 0.830. The summed E-state index contributed by atoms with van der Waals surface area (Å²) < 4.78 is 19.2. The van der Waals surface area contributed by atoms with Crippen LogP contribution in [0.15, 0.2) is 34.7 Å². The Morgan fingerprint density at radius 1 is 1.26 bits per heavy atom. The van der Waals surface area contributed by atoms with Crippen LogP contribution in [-0.4, -0.2) is 38.3 Å². The smallest absolute Gasteiger partial charge is 0.344 e. The highest BCUT2D eigenvalue weighted by Gasteiger charge is 2.23. The van der Waals surface area contributed by atoms with E-state index >= 15 is 0 Å². The molecule has 3 heterocycles. The number of fused-ring (bicyclic) bond motifs is 1. The minimum atomic E-state index is -1.00. The third-order valence-corrected chi connectivity index (χ3v) is 5.40. The summed E-state index contributed by atoms with van der Waals surface area (Å²) in [7, 11) is 0. The van der Waals surface area contributed by atoms with Crippen LogP contribution in [-0.2, 0) is 11.3 Å². The molecule has 3 N–H and O–H groups in total. The van der Waals surface area contributed by atoms with Gasteiger partial charge in [-0.05, 0) is 37.5 Å². The zero-order chi connectivity index (χ0) is 21.5. The van der Waals surface area contributed by atoms with Gasteiger partial charge in [0.05, 0.1) is 12.1 Å². The Kier molecular flexibility index (Phi) is 4.65. The number of aryl methyl sites for hydroxylation is 1. The zero-order valence-electron chi connectivity index (χ0n) is 17.0. The minimum absolute atomic E-state index is 0.122. The third kappa shape index (κ3) is 3.41. The standard InChI is InChI=1S/C22H22N4O5/c1-2-16(21(27)28)30-13-10-15-19-18(11-13)29-8-4-3-7-26(19)20(24-15)12-5-6-17-14(9-12)25-22(23)31-17/h5-6,9-11,16H,2-4,7-8H2,1H3,(H2,23,25)(H,27,28)/t16-/m0/s1. The van der Waals surface area contributed by atoms with Gasteiger partial charge in [-0.3, -0.25) is 0 Å². The molecule has 1 aliphatic rings. The van der Waals surface area contributed by atoms with Crippen molar-refractivity contribution >= 4 is 34.1 Å². The van der Waals surface area contributed by atoms with Crippen LogP contribution in [0.3, 0.4) is 0 Å². The molecule has 0 saturated carbocycles. The molecule has 9 heteroatoms. The molecule has 9 nitrogen and oxygen atoms in total. The van der Waals surface area contributed by atoms with Crippen molar-refractivity contribution in [1.82, 2.24) is 14.5 Å². The maximum atomic E-state index is 11.4. The number of hydrogen-bond acceptors (Lipinski definition) is 7. The van der Waals surface area contributed by atoms with Gasteiger partial charge in [0, 0.05) is 24.2 Å². The van der Waals surface area contributed by atoms with Gasteiger partial charge in [0.1, 0.15) is 28.4 Å². The monoisotopic (exact) mass is 422 g/mol. The van der Waals surface area contributed by atoms with Crippen LogP contribution in [0.1, 0.15) is 26.2 Å². The number of aromatic nitrogens is 3. The second kappa shape index (κ2) is 7.50. The fraction of sp³-hybridized carbons (Fsp3) is 0.318. The highest BCUT2D eigenvalue weighted by Crippen LogP contribution is 2.37. The van der Waals surface area contributed by atoms with Crippen molar-refractivity contribution in [2.45, 2.75) is 38.8 Å². The van der Waals surface area contributed by atoms with Crippen molar-refractivity contribution in [2.24, 2.45) is 0 Å². The number of nitrogen functional groups attached to an aromatic ring is 1. The highest BCUT2D eigenvalue weighted by atomic mass is 16.5.